The van der Waals surface area contributed by atoms with Crippen LogP contribution in [0.15, 0.2) is 24.3 Å². The maximum absolute atomic E-state index is 9.88. The van der Waals surface area contributed by atoms with Gasteiger partial charge < -0.3 is 29.9 Å². The molecule has 1 saturated heterocycles. The van der Waals surface area contributed by atoms with E-state index in [1.54, 1.807) is 24.3 Å². The molecule has 1 unspecified atom stereocenters. The van der Waals surface area contributed by atoms with Gasteiger partial charge in [-0.1, -0.05) is 23.7 Å². The van der Waals surface area contributed by atoms with E-state index in [0.717, 1.165) is 0 Å². The second kappa shape index (κ2) is 6.82. The molecular formula is C13H17ClO6. The molecule has 1 heterocycles. The predicted molar refractivity (Wildman–Crippen MR) is 70.1 cm³/mol. The maximum atomic E-state index is 9.88. The van der Waals surface area contributed by atoms with Gasteiger partial charge in [0.2, 0.25) is 0 Å². The summed E-state index contributed by atoms with van der Waals surface area (Å²) in [5.41, 5.74) is 0.630. The van der Waals surface area contributed by atoms with Crippen LogP contribution >= 0.6 is 11.6 Å². The van der Waals surface area contributed by atoms with Crippen molar-refractivity contribution < 1.29 is 29.9 Å². The van der Waals surface area contributed by atoms with E-state index < -0.39 is 37.3 Å². The molecule has 0 saturated carbocycles. The van der Waals surface area contributed by atoms with E-state index in [2.05, 4.69) is 0 Å². The Labute approximate surface area is 121 Å². The molecule has 112 valence electrons. The maximum Gasteiger partial charge on any atom is 0.184 e. The predicted octanol–water partition coefficient (Wildman–Crippen LogP) is -0.171. The minimum atomic E-state index is -1.35. The van der Waals surface area contributed by atoms with E-state index in [4.69, 9.17) is 26.2 Å². The number of rotatable bonds is 3. The third-order valence-electron chi connectivity index (χ3n) is 3.14. The highest BCUT2D eigenvalue weighted by molar-refractivity contribution is 6.30. The first-order chi connectivity index (χ1) is 9.52. The van der Waals surface area contributed by atoms with Crippen molar-refractivity contribution in [3.05, 3.63) is 34.9 Å². The first-order valence-electron chi connectivity index (χ1n) is 6.20. The van der Waals surface area contributed by atoms with Crippen LogP contribution in [0.25, 0.3) is 0 Å². The summed E-state index contributed by atoms with van der Waals surface area (Å²) in [6.45, 7) is -0.745. The molecular weight excluding hydrogens is 288 g/mol. The summed E-state index contributed by atoms with van der Waals surface area (Å²) < 4.78 is 10.9. The lowest BCUT2D eigenvalue weighted by molar-refractivity contribution is -0.199. The molecule has 0 radical (unpaired) electrons. The van der Waals surface area contributed by atoms with Gasteiger partial charge in [0.05, 0.1) is 13.2 Å². The molecule has 0 amide bonds. The Morgan fingerprint density at radius 2 is 1.90 bits per heavy atom. The smallest absolute Gasteiger partial charge is 0.184 e. The van der Waals surface area contributed by atoms with Gasteiger partial charge in [-0.05, 0) is 12.1 Å². The lowest BCUT2D eigenvalue weighted by atomic mass is 10.0. The monoisotopic (exact) mass is 304 g/mol. The number of ether oxygens (including phenoxy) is 2. The molecule has 1 aromatic carbocycles. The fourth-order valence-corrected chi connectivity index (χ4v) is 2.11. The van der Waals surface area contributed by atoms with Crippen molar-refractivity contribution in [1.82, 2.24) is 0 Å². The molecule has 4 N–H and O–H groups in total. The van der Waals surface area contributed by atoms with E-state index in [-0.39, 0.29) is 6.61 Å². The third kappa shape index (κ3) is 3.48. The lowest BCUT2D eigenvalue weighted by Crippen LogP contribution is -2.47. The van der Waals surface area contributed by atoms with Crippen LogP contribution < -0.4 is 0 Å². The Hall–Kier alpha value is -0.730. The van der Waals surface area contributed by atoms with Gasteiger partial charge in [0.15, 0.2) is 6.29 Å². The molecule has 6 nitrogen and oxygen atoms in total. The lowest BCUT2D eigenvalue weighted by Gasteiger charge is -2.27. The molecule has 5 atom stereocenters. The van der Waals surface area contributed by atoms with E-state index >= 15 is 0 Å². The molecule has 1 fully saturated rings. The first kappa shape index (κ1) is 15.7. The van der Waals surface area contributed by atoms with Gasteiger partial charge in [-0.3, -0.25) is 0 Å². The van der Waals surface area contributed by atoms with Gasteiger partial charge in [-0.25, -0.2) is 0 Å². The zero-order chi connectivity index (χ0) is 14.7. The molecule has 0 spiro atoms. The average Bonchev–Trinajstić information content (AvgIpc) is 2.60. The van der Waals surface area contributed by atoms with Crippen LogP contribution in [0.3, 0.4) is 0 Å². The van der Waals surface area contributed by atoms with E-state index in [0.29, 0.717) is 10.6 Å². The van der Waals surface area contributed by atoms with E-state index in [1.165, 1.54) is 0 Å². The Kier molecular flexibility index (Phi) is 5.34. The number of hydrogen-bond donors (Lipinski definition) is 4. The van der Waals surface area contributed by atoms with Crippen LogP contribution in [0.4, 0.5) is 0 Å². The summed E-state index contributed by atoms with van der Waals surface area (Å²) in [7, 11) is 0. The van der Waals surface area contributed by atoms with Crippen LogP contribution in [0, 0.1) is 0 Å². The van der Waals surface area contributed by atoms with Crippen molar-refractivity contribution in [3.63, 3.8) is 0 Å². The zero-order valence-electron chi connectivity index (χ0n) is 10.6. The summed E-state index contributed by atoms with van der Waals surface area (Å²) in [5.74, 6) is 0. The molecule has 20 heavy (non-hydrogen) atoms. The SMILES string of the molecule is OC[C@H](O)[C@@H]1OC(c2ccc(Cl)cc2)OC[C@@H](O)[C@@H]1O. The van der Waals surface area contributed by atoms with Gasteiger partial charge in [-0.2, -0.15) is 0 Å². The molecule has 1 aromatic rings. The molecule has 2 rings (SSSR count). The minimum Gasteiger partial charge on any atom is -0.394 e. The summed E-state index contributed by atoms with van der Waals surface area (Å²) in [5, 5.41) is 38.8. The summed E-state index contributed by atoms with van der Waals surface area (Å²) in [4.78, 5) is 0. The van der Waals surface area contributed by atoms with Crippen molar-refractivity contribution in [2.45, 2.75) is 30.7 Å². The van der Waals surface area contributed by atoms with Crippen molar-refractivity contribution in [3.8, 4) is 0 Å². The van der Waals surface area contributed by atoms with Gasteiger partial charge in [-0.15, -0.1) is 0 Å². The molecule has 7 heteroatoms. The standard InChI is InChI=1S/C13H17ClO6/c14-8-3-1-7(2-4-8)13-19-6-10(17)11(18)12(20-13)9(16)5-15/h1-4,9-13,15-18H,5-6H2/t9-,10+,11-,12-,13?/m0/s1. The quantitative estimate of drug-likeness (QED) is 0.619. The fraction of sp³-hybridized carbons (Fsp3) is 0.538. The summed E-state index contributed by atoms with van der Waals surface area (Å²) >= 11 is 5.80. The molecule has 1 aliphatic heterocycles. The van der Waals surface area contributed by atoms with E-state index in [1.807, 2.05) is 0 Å². The fourth-order valence-electron chi connectivity index (χ4n) is 1.98. The van der Waals surface area contributed by atoms with Crippen LogP contribution in [0.2, 0.25) is 5.02 Å². The van der Waals surface area contributed by atoms with Gasteiger partial charge in [0.1, 0.15) is 24.4 Å². The van der Waals surface area contributed by atoms with Crippen molar-refractivity contribution >= 4 is 11.6 Å². The average molecular weight is 305 g/mol. The van der Waals surface area contributed by atoms with Gasteiger partial charge in [0, 0.05) is 10.6 Å². The minimum absolute atomic E-state index is 0.150. The second-order valence-electron chi connectivity index (χ2n) is 4.63. The van der Waals surface area contributed by atoms with Crippen molar-refractivity contribution in [1.29, 1.82) is 0 Å². The number of halogens is 1. The Balaban J connectivity index is 2.20. The van der Waals surface area contributed by atoms with Crippen molar-refractivity contribution in [2.24, 2.45) is 0 Å². The summed E-state index contributed by atoms with van der Waals surface area (Å²) in [6, 6.07) is 6.66. The number of benzene rings is 1. The van der Waals surface area contributed by atoms with Crippen LogP contribution in [0.1, 0.15) is 11.9 Å². The van der Waals surface area contributed by atoms with Gasteiger partial charge in [0.25, 0.3) is 0 Å². The number of aliphatic hydroxyl groups excluding tert-OH is 4. The van der Waals surface area contributed by atoms with Gasteiger partial charge >= 0.3 is 0 Å². The second-order valence-corrected chi connectivity index (χ2v) is 5.06. The zero-order valence-corrected chi connectivity index (χ0v) is 11.3. The first-order valence-corrected chi connectivity index (χ1v) is 6.58. The number of hydrogen-bond acceptors (Lipinski definition) is 6. The Morgan fingerprint density at radius 1 is 1.25 bits per heavy atom. The Bertz CT molecular complexity index is 425. The highest BCUT2D eigenvalue weighted by Gasteiger charge is 2.38. The number of aliphatic hydroxyl groups is 4. The largest absolute Gasteiger partial charge is 0.394 e. The summed E-state index contributed by atoms with van der Waals surface area (Å²) in [6.07, 6.45) is -5.91. The Morgan fingerprint density at radius 3 is 2.50 bits per heavy atom. The topological polar surface area (TPSA) is 99.4 Å². The van der Waals surface area contributed by atoms with Crippen molar-refractivity contribution in [2.75, 3.05) is 13.2 Å². The van der Waals surface area contributed by atoms with E-state index in [9.17, 15) is 15.3 Å². The molecule has 1 aliphatic rings. The molecule has 0 aromatic heterocycles. The molecule has 0 aliphatic carbocycles. The van der Waals surface area contributed by atoms with Crippen LogP contribution in [-0.4, -0.2) is 58.1 Å². The normalized spacial score (nSPS) is 32.6. The van der Waals surface area contributed by atoms with Crippen LogP contribution in [-0.2, 0) is 9.47 Å². The van der Waals surface area contributed by atoms with Crippen LogP contribution in [0.5, 0.6) is 0 Å². The third-order valence-corrected chi connectivity index (χ3v) is 3.39. The highest BCUT2D eigenvalue weighted by Crippen LogP contribution is 2.28. The highest BCUT2D eigenvalue weighted by atomic mass is 35.5. The molecule has 0 bridgehead atoms.